The van der Waals surface area contributed by atoms with E-state index in [4.69, 9.17) is 4.18 Å². The van der Waals surface area contributed by atoms with Gasteiger partial charge in [-0.1, -0.05) is 26.7 Å². The third-order valence-electron chi connectivity index (χ3n) is 1.93. The quantitative estimate of drug-likeness (QED) is 0.312. The fourth-order valence-corrected chi connectivity index (χ4v) is 1.41. The maximum atomic E-state index is 11.4. The molecule has 0 aromatic heterocycles. The minimum Gasteiger partial charge on any atom is -0.675 e. The van der Waals surface area contributed by atoms with E-state index in [1.54, 1.807) is 4.90 Å². The normalized spacial score (nSPS) is 9.27. The zero-order valence-corrected chi connectivity index (χ0v) is 11.8. The van der Waals surface area contributed by atoms with Crippen LogP contribution in [-0.2, 0) is 32.3 Å². The zero-order valence-electron chi connectivity index (χ0n) is 9.14. The van der Waals surface area contributed by atoms with E-state index in [-0.39, 0.29) is 22.6 Å². The maximum Gasteiger partial charge on any atom is 0.420 e. The second-order valence-corrected chi connectivity index (χ2v) is 3.82. The van der Waals surface area contributed by atoms with E-state index in [1.165, 1.54) is 0 Å². The van der Waals surface area contributed by atoms with E-state index in [0.29, 0.717) is 11.1 Å². The molecule has 0 heterocycles. The molecular formula is C9H18NNiO2S2-. The van der Waals surface area contributed by atoms with Crippen LogP contribution in [0.3, 0.4) is 0 Å². The van der Waals surface area contributed by atoms with Crippen LogP contribution in [0.2, 0.25) is 0 Å². The Hall–Kier alpha value is 0.464. The van der Waals surface area contributed by atoms with Crippen molar-refractivity contribution in [2.45, 2.75) is 39.5 Å². The van der Waals surface area contributed by atoms with E-state index in [0.717, 1.165) is 38.8 Å². The first-order valence-electron chi connectivity index (χ1n) is 5.01. The molecule has 0 rings (SSSR count). The summed E-state index contributed by atoms with van der Waals surface area (Å²) in [6.07, 6.45) is 3.89. The molecule has 0 saturated carbocycles. The fourth-order valence-electron chi connectivity index (χ4n) is 1.07. The Kier molecular flexibility index (Phi) is 14.9. The Labute approximate surface area is 112 Å². The smallest absolute Gasteiger partial charge is 0.420 e. The van der Waals surface area contributed by atoms with E-state index >= 15 is 0 Å². The van der Waals surface area contributed by atoms with E-state index in [2.05, 4.69) is 25.5 Å². The summed E-state index contributed by atoms with van der Waals surface area (Å²) >= 11 is 5.22. The number of rotatable bonds is 7. The van der Waals surface area contributed by atoms with Crippen LogP contribution < -0.4 is 0 Å². The number of hydrogen-bond acceptors (Lipinski definition) is 4. The molecule has 1 amide bonds. The molecule has 0 atom stereocenters. The van der Waals surface area contributed by atoms with Crippen LogP contribution in [0, 0.1) is 0 Å². The fraction of sp³-hybridized carbons (Fsp3) is 0.889. The summed E-state index contributed by atoms with van der Waals surface area (Å²) in [6.45, 7) is 5.74. The van der Waals surface area contributed by atoms with Crippen molar-refractivity contribution in [2.75, 3.05) is 13.1 Å². The minimum absolute atomic E-state index is 0. The van der Waals surface area contributed by atoms with Gasteiger partial charge in [0.15, 0.2) is 0 Å². The summed E-state index contributed by atoms with van der Waals surface area (Å²) in [6, 6.07) is 0. The van der Waals surface area contributed by atoms with Gasteiger partial charge in [-0.05, 0) is 12.8 Å². The number of hydrogen-bond donors (Lipinski definition) is 0. The summed E-state index contributed by atoms with van der Waals surface area (Å²) in [5.41, 5.74) is 0. The van der Waals surface area contributed by atoms with Gasteiger partial charge in [-0.3, -0.25) is 0 Å². The third kappa shape index (κ3) is 9.40. The van der Waals surface area contributed by atoms with Gasteiger partial charge in [0.05, 0.1) is 0 Å². The molecule has 0 radical (unpaired) electrons. The van der Waals surface area contributed by atoms with Crippen molar-refractivity contribution >= 4 is 28.8 Å². The van der Waals surface area contributed by atoms with Crippen molar-refractivity contribution in [3.63, 3.8) is 0 Å². The molecule has 0 aliphatic carbocycles. The largest absolute Gasteiger partial charge is 0.675 e. The summed E-state index contributed by atoms with van der Waals surface area (Å²) in [7, 11) is 0. The predicted octanol–water partition coefficient (Wildman–Crippen LogP) is 3.13. The van der Waals surface area contributed by atoms with Gasteiger partial charge in [0.2, 0.25) is 0 Å². The zero-order chi connectivity index (χ0) is 10.8. The summed E-state index contributed by atoms with van der Waals surface area (Å²) < 4.78 is 4.72. The standard InChI is InChI=1S/C9H19NO2S2.Ni/c1-3-5-7-10(8-6-4-2)9(11)12-14-13;/h13H,3-8H2,1-2H3;/p-1. The van der Waals surface area contributed by atoms with Gasteiger partial charge in [-0.15, -0.1) is 11.1 Å². The van der Waals surface area contributed by atoms with Crippen LogP contribution >= 0.6 is 11.1 Å². The number of nitrogens with zero attached hydrogens (tertiary/aromatic N) is 1. The predicted molar refractivity (Wildman–Crippen MR) is 62.8 cm³/mol. The molecular weight excluding hydrogens is 277 g/mol. The molecule has 0 aliphatic heterocycles. The van der Waals surface area contributed by atoms with Gasteiger partial charge in [0, 0.05) is 29.6 Å². The van der Waals surface area contributed by atoms with Crippen LogP contribution in [0.4, 0.5) is 4.79 Å². The third-order valence-corrected chi connectivity index (χ3v) is 2.34. The monoisotopic (exact) mass is 294 g/mol. The van der Waals surface area contributed by atoms with Crippen molar-refractivity contribution in [2.24, 2.45) is 0 Å². The van der Waals surface area contributed by atoms with Crippen molar-refractivity contribution in [1.29, 1.82) is 0 Å². The van der Waals surface area contributed by atoms with Crippen LogP contribution in [0.15, 0.2) is 0 Å². The van der Waals surface area contributed by atoms with Crippen molar-refractivity contribution in [3.8, 4) is 0 Å². The molecule has 15 heavy (non-hydrogen) atoms. The van der Waals surface area contributed by atoms with Crippen molar-refractivity contribution < 1.29 is 25.5 Å². The molecule has 94 valence electrons. The van der Waals surface area contributed by atoms with Crippen LogP contribution in [-0.4, -0.2) is 24.1 Å². The first kappa shape index (κ1) is 17.8. The molecule has 0 unspecified atom stereocenters. The molecule has 0 aromatic rings. The van der Waals surface area contributed by atoms with Crippen molar-refractivity contribution in [3.05, 3.63) is 0 Å². The Morgan fingerprint density at radius 1 is 1.27 bits per heavy atom. The second kappa shape index (κ2) is 12.5. The molecule has 3 nitrogen and oxygen atoms in total. The van der Waals surface area contributed by atoms with Gasteiger partial charge >= 0.3 is 6.09 Å². The molecule has 0 bridgehead atoms. The van der Waals surface area contributed by atoms with E-state index < -0.39 is 0 Å². The first-order chi connectivity index (χ1) is 6.76. The van der Waals surface area contributed by atoms with Gasteiger partial charge < -0.3 is 20.7 Å². The van der Waals surface area contributed by atoms with Gasteiger partial charge in [-0.25, -0.2) is 4.79 Å². The molecule has 0 aromatic carbocycles. The topological polar surface area (TPSA) is 29.5 Å². The van der Waals surface area contributed by atoms with E-state index in [1.807, 2.05) is 0 Å². The molecule has 0 spiro atoms. The average molecular weight is 295 g/mol. The average Bonchev–Trinajstić information content (AvgIpc) is 2.18. The number of amides is 1. The first-order valence-corrected chi connectivity index (χ1v) is 6.68. The molecule has 0 N–H and O–H groups in total. The Morgan fingerprint density at radius 3 is 2.07 bits per heavy atom. The van der Waals surface area contributed by atoms with Gasteiger partial charge in [-0.2, -0.15) is 0 Å². The van der Waals surface area contributed by atoms with Gasteiger partial charge in [0.25, 0.3) is 0 Å². The van der Waals surface area contributed by atoms with Crippen LogP contribution in [0.25, 0.3) is 0 Å². The SMILES string of the molecule is CCCCN(CCCC)C(=O)OS[S-].[Ni]. The Balaban J connectivity index is 0. The van der Waals surface area contributed by atoms with Crippen molar-refractivity contribution in [1.82, 2.24) is 4.90 Å². The van der Waals surface area contributed by atoms with Crippen LogP contribution in [0.1, 0.15) is 39.5 Å². The van der Waals surface area contributed by atoms with Crippen LogP contribution in [0.5, 0.6) is 0 Å². The molecule has 0 aliphatic rings. The number of unbranched alkanes of at least 4 members (excludes halogenated alkanes) is 2. The molecule has 0 fully saturated rings. The minimum atomic E-state index is -0.299. The summed E-state index contributed by atoms with van der Waals surface area (Å²) in [5.74, 6) is 0. The van der Waals surface area contributed by atoms with Gasteiger partial charge in [0.1, 0.15) is 0 Å². The Bertz CT molecular complexity index is 153. The summed E-state index contributed by atoms with van der Waals surface area (Å²) in [4.78, 5) is 13.1. The maximum absolute atomic E-state index is 11.4. The second-order valence-electron chi connectivity index (χ2n) is 3.11. The summed E-state index contributed by atoms with van der Waals surface area (Å²) in [5, 5.41) is 0. The number of carbonyl (C=O) groups is 1. The molecule has 6 heteroatoms. The van der Waals surface area contributed by atoms with E-state index in [9.17, 15) is 4.79 Å². The molecule has 0 saturated heterocycles. The Morgan fingerprint density at radius 2 is 1.73 bits per heavy atom. The number of carbonyl (C=O) groups excluding carboxylic acids is 1.